The van der Waals surface area contributed by atoms with Gasteiger partial charge in [0.1, 0.15) is 6.61 Å². The zero-order valence-corrected chi connectivity index (χ0v) is 9.04. The average Bonchev–Trinajstić information content (AvgIpc) is 2.26. The van der Waals surface area contributed by atoms with E-state index in [-0.39, 0.29) is 12.5 Å². The highest BCUT2D eigenvalue weighted by molar-refractivity contribution is 5.76. The van der Waals surface area contributed by atoms with E-state index in [2.05, 4.69) is 0 Å². The first-order chi connectivity index (χ1) is 6.74. The number of aliphatic hydroxyl groups excluding tert-OH is 1. The van der Waals surface area contributed by atoms with Crippen LogP contribution in [0.5, 0.6) is 0 Å². The highest BCUT2D eigenvalue weighted by atomic mass is 16.3. The van der Waals surface area contributed by atoms with E-state index in [1.165, 1.54) is 32.1 Å². The molecule has 82 valence electrons. The van der Waals surface area contributed by atoms with Crippen molar-refractivity contribution in [3.8, 4) is 0 Å². The number of amides is 1. The molecule has 0 aromatic heterocycles. The SMILES string of the molecule is CN(CCC1CCCCC1)C(=O)CO. The van der Waals surface area contributed by atoms with Crippen LogP contribution in [0.3, 0.4) is 0 Å². The van der Waals surface area contributed by atoms with Crippen LogP contribution in [0.15, 0.2) is 0 Å². The lowest BCUT2D eigenvalue weighted by Gasteiger charge is -2.24. The average molecular weight is 199 g/mol. The van der Waals surface area contributed by atoms with Crippen LogP contribution in [0.4, 0.5) is 0 Å². The number of hydrogen-bond acceptors (Lipinski definition) is 2. The zero-order valence-electron chi connectivity index (χ0n) is 9.04. The number of aliphatic hydroxyl groups is 1. The molecule has 0 aromatic carbocycles. The smallest absolute Gasteiger partial charge is 0.248 e. The molecule has 0 aromatic rings. The van der Waals surface area contributed by atoms with Gasteiger partial charge in [0.2, 0.25) is 5.91 Å². The lowest BCUT2D eigenvalue weighted by molar-refractivity contribution is -0.133. The van der Waals surface area contributed by atoms with Crippen molar-refractivity contribution in [2.24, 2.45) is 5.92 Å². The van der Waals surface area contributed by atoms with Crippen LogP contribution in [0.2, 0.25) is 0 Å². The summed E-state index contributed by atoms with van der Waals surface area (Å²) in [5.41, 5.74) is 0. The summed E-state index contributed by atoms with van der Waals surface area (Å²) in [5.74, 6) is 0.638. The summed E-state index contributed by atoms with van der Waals surface area (Å²) in [6.07, 6.45) is 7.82. The van der Waals surface area contributed by atoms with E-state index in [0.29, 0.717) is 0 Å². The highest BCUT2D eigenvalue weighted by Crippen LogP contribution is 2.26. The number of nitrogens with zero attached hydrogens (tertiary/aromatic N) is 1. The van der Waals surface area contributed by atoms with Crippen LogP contribution < -0.4 is 0 Å². The molecule has 3 nitrogen and oxygen atoms in total. The topological polar surface area (TPSA) is 40.5 Å². The molecule has 1 rings (SSSR count). The Morgan fingerprint density at radius 3 is 2.57 bits per heavy atom. The van der Waals surface area contributed by atoms with Crippen molar-refractivity contribution in [3.05, 3.63) is 0 Å². The largest absolute Gasteiger partial charge is 0.387 e. The lowest BCUT2D eigenvalue weighted by Crippen LogP contribution is -2.31. The molecule has 1 N–H and O–H groups in total. The van der Waals surface area contributed by atoms with Gasteiger partial charge < -0.3 is 10.0 Å². The third kappa shape index (κ3) is 3.66. The second-order valence-corrected chi connectivity index (χ2v) is 4.27. The van der Waals surface area contributed by atoms with Gasteiger partial charge in [-0.15, -0.1) is 0 Å². The molecule has 0 radical (unpaired) electrons. The molecule has 0 spiro atoms. The van der Waals surface area contributed by atoms with Crippen molar-refractivity contribution >= 4 is 5.91 Å². The van der Waals surface area contributed by atoms with Crippen LogP contribution in [-0.2, 0) is 4.79 Å². The third-order valence-corrected chi connectivity index (χ3v) is 3.16. The summed E-state index contributed by atoms with van der Waals surface area (Å²) in [4.78, 5) is 12.7. The van der Waals surface area contributed by atoms with Gasteiger partial charge in [-0.25, -0.2) is 0 Å². The Hall–Kier alpha value is -0.570. The summed E-state index contributed by atoms with van der Waals surface area (Å²) >= 11 is 0. The second kappa shape index (κ2) is 6.02. The van der Waals surface area contributed by atoms with Crippen LogP contribution in [0.25, 0.3) is 0 Å². The second-order valence-electron chi connectivity index (χ2n) is 4.27. The Balaban J connectivity index is 2.15. The number of carbonyl (C=O) groups is 1. The molecule has 1 fully saturated rings. The molecule has 0 bridgehead atoms. The van der Waals surface area contributed by atoms with Crippen LogP contribution in [0, 0.1) is 5.92 Å². The van der Waals surface area contributed by atoms with Crippen molar-refractivity contribution in [2.45, 2.75) is 38.5 Å². The number of likely N-dealkylation sites (N-methyl/N-ethyl adjacent to an activating group) is 1. The fourth-order valence-electron chi connectivity index (χ4n) is 2.10. The summed E-state index contributed by atoms with van der Waals surface area (Å²) in [5, 5.41) is 8.65. The molecule has 1 saturated carbocycles. The Morgan fingerprint density at radius 1 is 1.36 bits per heavy atom. The quantitative estimate of drug-likeness (QED) is 0.743. The van der Waals surface area contributed by atoms with Gasteiger partial charge in [-0.05, 0) is 12.3 Å². The minimum atomic E-state index is -0.360. The maximum atomic E-state index is 11.1. The maximum Gasteiger partial charge on any atom is 0.248 e. The number of carbonyl (C=O) groups excluding carboxylic acids is 1. The van der Waals surface area contributed by atoms with Crippen molar-refractivity contribution in [3.63, 3.8) is 0 Å². The summed E-state index contributed by atoms with van der Waals surface area (Å²) < 4.78 is 0. The predicted octanol–water partition coefficient (Wildman–Crippen LogP) is 1.41. The van der Waals surface area contributed by atoms with Gasteiger partial charge in [0.25, 0.3) is 0 Å². The molecule has 1 aliphatic rings. The predicted molar refractivity (Wildman–Crippen MR) is 55.9 cm³/mol. The Kier molecular flexibility index (Phi) is 4.94. The van der Waals surface area contributed by atoms with E-state index in [4.69, 9.17) is 5.11 Å². The molecule has 0 saturated heterocycles. The third-order valence-electron chi connectivity index (χ3n) is 3.16. The Bertz CT molecular complexity index is 176. The molecule has 0 aliphatic heterocycles. The van der Waals surface area contributed by atoms with Crippen LogP contribution >= 0.6 is 0 Å². The fraction of sp³-hybridized carbons (Fsp3) is 0.909. The highest BCUT2D eigenvalue weighted by Gasteiger charge is 2.15. The van der Waals surface area contributed by atoms with E-state index in [9.17, 15) is 4.79 Å². The number of hydrogen-bond donors (Lipinski definition) is 1. The summed E-state index contributed by atoms with van der Waals surface area (Å²) in [7, 11) is 1.77. The molecule has 0 atom stereocenters. The van der Waals surface area contributed by atoms with Crippen molar-refractivity contribution < 1.29 is 9.90 Å². The zero-order chi connectivity index (χ0) is 10.4. The molecular formula is C11H21NO2. The van der Waals surface area contributed by atoms with E-state index in [1.807, 2.05) is 0 Å². The molecule has 14 heavy (non-hydrogen) atoms. The minimum Gasteiger partial charge on any atom is -0.387 e. The maximum absolute atomic E-state index is 11.1. The van der Waals surface area contributed by atoms with Gasteiger partial charge in [-0.1, -0.05) is 32.1 Å². The van der Waals surface area contributed by atoms with Crippen molar-refractivity contribution in [2.75, 3.05) is 20.2 Å². The molecule has 0 heterocycles. The molecule has 3 heteroatoms. The molecule has 1 amide bonds. The first-order valence-electron chi connectivity index (χ1n) is 5.59. The standard InChI is InChI=1S/C11H21NO2/c1-12(11(14)9-13)8-7-10-5-3-2-4-6-10/h10,13H,2-9H2,1H3. The summed E-state index contributed by atoms with van der Waals surface area (Å²) in [6.45, 7) is 0.436. The van der Waals surface area contributed by atoms with Crippen LogP contribution in [-0.4, -0.2) is 36.1 Å². The first kappa shape index (κ1) is 11.5. The fourth-order valence-corrected chi connectivity index (χ4v) is 2.10. The van der Waals surface area contributed by atoms with E-state index < -0.39 is 0 Å². The number of rotatable bonds is 4. The molecule has 0 unspecified atom stereocenters. The van der Waals surface area contributed by atoms with Gasteiger partial charge in [-0.2, -0.15) is 0 Å². The monoisotopic (exact) mass is 199 g/mol. The Labute approximate surface area is 86.1 Å². The molecular weight excluding hydrogens is 178 g/mol. The summed E-state index contributed by atoms with van der Waals surface area (Å²) in [6, 6.07) is 0. The van der Waals surface area contributed by atoms with E-state index in [0.717, 1.165) is 18.9 Å². The lowest BCUT2D eigenvalue weighted by atomic mass is 9.87. The van der Waals surface area contributed by atoms with E-state index in [1.54, 1.807) is 11.9 Å². The normalized spacial score (nSPS) is 18.1. The van der Waals surface area contributed by atoms with Crippen molar-refractivity contribution in [1.29, 1.82) is 0 Å². The van der Waals surface area contributed by atoms with Crippen LogP contribution in [0.1, 0.15) is 38.5 Å². The van der Waals surface area contributed by atoms with Gasteiger partial charge in [0.05, 0.1) is 0 Å². The van der Waals surface area contributed by atoms with Gasteiger partial charge in [-0.3, -0.25) is 4.79 Å². The Morgan fingerprint density at radius 2 is 2.00 bits per heavy atom. The van der Waals surface area contributed by atoms with Gasteiger partial charge >= 0.3 is 0 Å². The van der Waals surface area contributed by atoms with Gasteiger partial charge in [0, 0.05) is 13.6 Å². The van der Waals surface area contributed by atoms with E-state index >= 15 is 0 Å². The minimum absolute atomic E-state index is 0.166. The molecule has 1 aliphatic carbocycles. The van der Waals surface area contributed by atoms with Gasteiger partial charge in [0.15, 0.2) is 0 Å². The first-order valence-corrected chi connectivity index (χ1v) is 5.59. The van der Waals surface area contributed by atoms with Crippen molar-refractivity contribution in [1.82, 2.24) is 4.90 Å².